The number of unbranched alkanes of at least 4 members (excludes halogenated alkanes) is 1. The Kier molecular flexibility index (Phi) is 6.39. The summed E-state index contributed by atoms with van der Waals surface area (Å²) in [5, 5.41) is 0. The summed E-state index contributed by atoms with van der Waals surface area (Å²) in [6, 6.07) is 0. The summed E-state index contributed by atoms with van der Waals surface area (Å²) >= 11 is 0. The van der Waals surface area contributed by atoms with Crippen LogP contribution in [0.5, 0.6) is 0 Å². The molecule has 0 aromatic heterocycles. The zero-order valence-electron chi connectivity index (χ0n) is 8.97. The first-order chi connectivity index (χ1) is 6.08. The van der Waals surface area contributed by atoms with Crippen LogP contribution >= 0.6 is 9.47 Å². The minimum atomic E-state index is 0.161. The largest absolute Gasteiger partial charge is 0.361 e. The summed E-state index contributed by atoms with van der Waals surface area (Å²) in [4.78, 5) is 0. The van der Waals surface area contributed by atoms with E-state index in [1.807, 2.05) is 0 Å². The van der Waals surface area contributed by atoms with Crippen LogP contribution in [0.3, 0.4) is 0 Å². The zero-order valence-corrected chi connectivity index (χ0v) is 10.1. The van der Waals surface area contributed by atoms with E-state index >= 15 is 0 Å². The van der Waals surface area contributed by atoms with E-state index in [4.69, 9.17) is 10.9 Å². The molecule has 76 valence electrons. The lowest BCUT2D eigenvalue weighted by atomic mass is 9.80. The molecule has 0 spiro atoms. The molecule has 0 saturated heterocycles. The fraction of sp³-hybridized carbons (Fsp3) is 0.818. The molecule has 0 bridgehead atoms. The highest BCUT2D eigenvalue weighted by Crippen LogP contribution is 2.32. The molecule has 0 aromatic rings. The van der Waals surface area contributed by atoms with Crippen molar-refractivity contribution in [3.63, 3.8) is 0 Å². The first-order valence-electron chi connectivity index (χ1n) is 4.87. The van der Waals surface area contributed by atoms with Crippen molar-refractivity contribution >= 4 is 9.47 Å². The molecule has 0 radical (unpaired) electrons. The molecule has 0 rings (SSSR count). The molecule has 0 aliphatic heterocycles. The fourth-order valence-corrected chi connectivity index (χ4v) is 1.87. The van der Waals surface area contributed by atoms with Gasteiger partial charge < -0.3 is 4.52 Å². The molecule has 0 aromatic carbocycles. The molecule has 0 heterocycles. The maximum Gasteiger partial charge on any atom is 0.0770 e. The Bertz CT molecular complexity index is 169. The van der Waals surface area contributed by atoms with Crippen LogP contribution in [0.15, 0.2) is 0 Å². The molecule has 0 fully saturated rings. The van der Waals surface area contributed by atoms with Crippen LogP contribution in [0.4, 0.5) is 0 Å². The van der Waals surface area contributed by atoms with Crippen molar-refractivity contribution in [3.8, 4) is 12.3 Å². The molecule has 1 unspecified atom stereocenters. The predicted octanol–water partition coefficient (Wildman–Crippen LogP) is 3.40. The third kappa shape index (κ3) is 4.65. The van der Waals surface area contributed by atoms with E-state index < -0.39 is 0 Å². The highest BCUT2D eigenvalue weighted by Gasteiger charge is 2.28. The average Bonchev–Trinajstić information content (AvgIpc) is 2.10. The molecule has 13 heavy (non-hydrogen) atoms. The van der Waals surface area contributed by atoms with Gasteiger partial charge in [0.2, 0.25) is 0 Å². The third-order valence-electron chi connectivity index (χ3n) is 2.51. The number of terminal acetylenes is 1. The molecule has 0 amide bonds. The number of hydrogen-bond acceptors (Lipinski definition) is 1. The van der Waals surface area contributed by atoms with E-state index in [1.54, 1.807) is 0 Å². The van der Waals surface area contributed by atoms with Gasteiger partial charge in [0.05, 0.1) is 6.10 Å². The van der Waals surface area contributed by atoms with Crippen molar-refractivity contribution in [2.24, 2.45) is 5.41 Å². The molecular weight excluding hydrogens is 179 g/mol. The molecule has 1 nitrogen and oxygen atoms in total. The van der Waals surface area contributed by atoms with E-state index in [0.717, 1.165) is 0 Å². The van der Waals surface area contributed by atoms with Crippen LogP contribution in [0.1, 0.15) is 46.5 Å². The summed E-state index contributed by atoms with van der Waals surface area (Å²) in [6.45, 7) is 6.64. The molecule has 0 N–H and O–H groups in total. The van der Waals surface area contributed by atoms with Crippen LogP contribution < -0.4 is 0 Å². The van der Waals surface area contributed by atoms with Gasteiger partial charge in [-0.15, -0.1) is 12.3 Å². The maximum atomic E-state index is 5.33. The van der Waals surface area contributed by atoms with Gasteiger partial charge in [0, 0.05) is 15.9 Å². The van der Waals surface area contributed by atoms with Crippen LogP contribution in [-0.4, -0.2) is 6.10 Å². The van der Waals surface area contributed by atoms with Crippen LogP contribution in [-0.2, 0) is 4.52 Å². The lowest BCUT2D eigenvalue weighted by Crippen LogP contribution is -2.29. The van der Waals surface area contributed by atoms with E-state index in [-0.39, 0.29) is 11.5 Å². The summed E-state index contributed by atoms with van der Waals surface area (Å²) < 4.78 is 5.33. The summed E-state index contributed by atoms with van der Waals surface area (Å²) in [6.07, 6.45) is 9.78. The van der Waals surface area contributed by atoms with Crippen LogP contribution in [0, 0.1) is 17.8 Å². The Labute approximate surface area is 84.9 Å². The lowest BCUT2D eigenvalue weighted by Gasteiger charge is -2.32. The first-order valence-corrected chi connectivity index (χ1v) is 5.34. The van der Waals surface area contributed by atoms with Crippen molar-refractivity contribution in [3.05, 3.63) is 0 Å². The Hall–Kier alpha value is -0.0500. The fourth-order valence-electron chi connectivity index (χ4n) is 1.41. The standard InChI is InChI=1S/C11H21OP/c1-5-7-9-11(3,4)10(12-13)8-6-2/h2,10H,5,7-9,13H2,1,3-4H3/t10-/m1/s1. The summed E-state index contributed by atoms with van der Waals surface area (Å²) in [5.74, 6) is 2.66. The van der Waals surface area contributed by atoms with Gasteiger partial charge in [-0.3, -0.25) is 0 Å². The molecule has 2 heteroatoms. The van der Waals surface area contributed by atoms with Crippen molar-refractivity contribution in [2.75, 3.05) is 0 Å². The van der Waals surface area contributed by atoms with Gasteiger partial charge in [-0.1, -0.05) is 33.6 Å². The highest BCUT2D eigenvalue weighted by atomic mass is 31.0. The molecule has 0 aliphatic rings. The topological polar surface area (TPSA) is 9.23 Å². The predicted molar refractivity (Wildman–Crippen MR) is 61.3 cm³/mol. The first kappa shape index (κ1) is 12.9. The van der Waals surface area contributed by atoms with Crippen molar-refractivity contribution in [1.82, 2.24) is 0 Å². The van der Waals surface area contributed by atoms with E-state index in [0.29, 0.717) is 6.42 Å². The molecule has 0 saturated carbocycles. The van der Waals surface area contributed by atoms with Crippen LogP contribution in [0.2, 0.25) is 0 Å². The summed E-state index contributed by atoms with van der Waals surface area (Å²) in [5.41, 5.74) is 0.185. The highest BCUT2D eigenvalue weighted by molar-refractivity contribution is 7.09. The molecular formula is C11H21OP. The van der Waals surface area contributed by atoms with E-state index in [2.05, 4.69) is 36.2 Å². The second-order valence-corrected chi connectivity index (χ2v) is 4.40. The van der Waals surface area contributed by atoms with Gasteiger partial charge in [-0.2, -0.15) is 0 Å². The van der Waals surface area contributed by atoms with Crippen molar-refractivity contribution in [2.45, 2.75) is 52.6 Å². The quantitative estimate of drug-likeness (QED) is 0.471. The van der Waals surface area contributed by atoms with Crippen LogP contribution in [0.25, 0.3) is 0 Å². The van der Waals surface area contributed by atoms with Crippen molar-refractivity contribution < 1.29 is 4.52 Å². The Morgan fingerprint density at radius 3 is 2.54 bits per heavy atom. The van der Waals surface area contributed by atoms with Gasteiger partial charge in [-0.05, 0) is 11.8 Å². The van der Waals surface area contributed by atoms with E-state index in [1.165, 1.54) is 19.3 Å². The second kappa shape index (κ2) is 6.41. The third-order valence-corrected chi connectivity index (χ3v) is 2.84. The number of rotatable bonds is 6. The average molecular weight is 200 g/mol. The zero-order chi connectivity index (χ0) is 10.3. The number of hydrogen-bond donors (Lipinski definition) is 0. The normalized spacial score (nSPS) is 13.8. The maximum absolute atomic E-state index is 5.33. The van der Waals surface area contributed by atoms with E-state index in [9.17, 15) is 0 Å². The van der Waals surface area contributed by atoms with Gasteiger partial charge in [0.15, 0.2) is 0 Å². The minimum Gasteiger partial charge on any atom is -0.361 e. The van der Waals surface area contributed by atoms with Gasteiger partial charge in [0.25, 0.3) is 0 Å². The SMILES string of the molecule is C#CC[C@@H](OP)C(C)(C)CCCC. The lowest BCUT2D eigenvalue weighted by molar-refractivity contribution is 0.0867. The second-order valence-electron chi connectivity index (χ2n) is 4.13. The Morgan fingerprint density at radius 1 is 1.54 bits per heavy atom. The van der Waals surface area contributed by atoms with Gasteiger partial charge in [0.1, 0.15) is 0 Å². The van der Waals surface area contributed by atoms with Gasteiger partial charge in [-0.25, -0.2) is 0 Å². The monoisotopic (exact) mass is 200 g/mol. The summed E-state index contributed by atoms with van der Waals surface area (Å²) in [7, 11) is 2.32. The smallest absolute Gasteiger partial charge is 0.0770 e. The minimum absolute atomic E-state index is 0.161. The van der Waals surface area contributed by atoms with Gasteiger partial charge >= 0.3 is 0 Å². The molecule has 2 atom stereocenters. The Morgan fingerprint density at radius 2 is 2.15 bits per heavy atom. The molecule has 0 aliphatic carbocycles. The Balaban J connectivity index is 4.13. The van der Waals surface area contributed by atoms with Crippen molar-refractivity contribution in [1.29, 1.82) is 0 Å².